The molecule has 0 bridgehead atoms. The number of hydrogen-bond donors (Lipinski definition) is 2. The van der Waals surface area contributed by atoms with Gasteiger partial charge in [-0.15, -0.1) is 4.74 Å². The number of carbonyl (C=O) groups is 1. The number of aliphatic hydroxyl groups excluding tert-OH is 1. The molecule has 2 N–H and O–H groups in total. The fraction of sp³-hybridized carbons (Fsp3) is 0.300. The minimum Gasteiger partial charge on any atom is -0.489 e. The van der Waals surface area contributed by atoms with Gasteiger partial charge in [0, 0.05) is 12.1 Å². The zero-order valence-corrected chi connectivity index (χ0v) is 21.8. The molecule has 2 heterocycles. The first-order valence-electron chi connectivity index (χ1n) is 13.1. The van der Waals surface area contributed by atoms with Gasteiger partial charge >= 0.3 is 11.4 Å². The van der Waals surface area contributed by atoms with E-state index in [4.69, 9.17) is 9.26 Å². The highest BCUT2D eigenvalue weighted by Gasteiger charge is 2.27. The number of amides is 1. The Bertz CT molecular complexity index is 1570. The molecule has 0 saturated carbocycles. The Hall–Kier alpha value is -4.37. The van der Waals surface area contributed by atoms with Crippen LogP contribution in [-0.4, -0.2) is 44.8 Å². The number of nitrogens with one attached hydrogen (secondary N) is 1. The van der Waals surface area contributed by atoms with Gasteiger partial charge in [0.1, 0.15) is 12.4 Å². The minimum atomic E-state index is -0.782. The molecule has 4 aromatic rings. The summed E-state index contributed by atoms with van der Waals surface area (Å²) in [6.07, 6.45) is 2.84. The summed E-state index contributed by atoms with van der Waals surface area (Å²) < 4.78 is 11.7. The first-order chi connectivity index (χ1) is 18.9. The van der Waals surface area contributed by atoms with Crippen LogP contribution in [0.4, 0.5) is 0 Å². The second kappa shape index (κ2) is 11.6. The molecule has 0 aliphatic carbocycles. The lowest BCUT2D eigenvalue weighted by Crippen LogP contribution is -2.45. The number of rotatable bonds is 8. The highest BCUT2D eigenvalue weighted by molar-refractivity contribution is 5.95. The molecule has 1 atom stereocenters. The number of aliphatic hydroxyl groups is 1. The number of piperidine rings is 1. The van der Waals surface area contributed by atoms with Gasteiger partial charge in [0.05, 0.1) is 19.2 Å². The predicted molar refractivity (Wildman–Crippen MR) is 146 cm³/mol. The molecular weight excluding hydrogens is 498 g/mol. The number of likely N-dealkylation sites (tertiary alicyclic amines) is 1. The third-order valence-corrected chi connectivity index (χ3v) is 7.09. The zero-order chi connectivity index (χ0) is 27.4. The molecule has 1 saturated heterocycles. The molecule has 9 heteroatoms. The molecule has 3 aromatic carbocycles. The maximum absolute atomic E-state index is 13.1. The molecule has 202 valence electrons. The summed E-state index contributed by atoms with van der Waals surface area (Å²) in [4.78, 5) is 39.8. The highest BCUT2D eigenvalue weighted by atomic mass is 16.5. The Balaban J connectivity index is 1.24. The first kappa shape index (κ1) is 26.2. The van der Waals surface area contributed by atoms with E-state index in [0.717, 1.165) is 51.8 Å². The first-order valence-corrected chi connectivity index (χ1v) is 13.1. The van der Waals surface area contributed by atoms with Crippen LogP contribution in [0.1, 0.15) is 46.3 Å². The molecule has 5 rings (SSSR count). The number of carbonyl (C=O) groups excluding carboxylic acids is 1. The van der Waals surface area contributed by atoms with Crippen molar-refractivity contribution in [3.63, 3.8) is 0 Å². The van der Waals surface area contributed by atoms with Crippen molar-refractivity contribution in [1.82, 2.24) is 14.6 Å². The van der Waals surface area contributed by atoms with E-state index < -0.39 is 11.4 Å². The Morgan fingerprint density at radius 2 is 1.87 bits per heavy atom. The minimum absolute atomic E-state index is 0.00371. The fourth-order valence-corrected chi connectivity index (χ4v) is 5.01. The predicted octanol–water partition coefficient (Wildman–Crippen LogP) is 3.72. The molecular formula is C30H31N3O6. The third kappa shape index (κ3) is 6.04. The van der Waals surface area contributed by atoms with Gasteiger partial charge in [-0.1, -0.05) is 36.4 Å². The molecule has 0 spiro atoms. The average molecular weight is 530 g/mol. The SMILES string of the molecule is Cc1cc(C(=O)N2CCCCC2CO)ccc1-c1cccc(COc2ccc(Cn3oc(=O)[nH]c3=O)cc2)c1. The van der Waals surface area contributed by atoms with Gasteiger partial charge in [-0.25, -0.2) is 14.6 Å². The second-order valence-corrected chi connectivity index (χ2v) is 9.84. The number of aryl methyl sites for hydroxylation is 1. The summed E-state index contributed by atoms with van der Waals surface area (Å²) in [6.45, 7) is 3.19. The van der Waals surface area contributed by atoms with Crippen LogP contribution < -0.4 is 16.2 Å². The number of ether oxygens (including phenoxy) is 1. The van der Waals surface area contributed by atoms with Crippen molar-refractivity contribution in [2.24, 2.45) is 0 Å². The van der Waals surface area contributed by atoms with Crippen LogP contribution in [-0.2, 0) is 13.2 Å². The van der Waals surface area contributed by atoms with Crippen molar-refractivity contribution >= 4 is 5.91 Å². The number of aromatic amines is 1. The van der Waals surface area contributed by atoms with Gasteiger partial charge < -0.3 is 19.3 Å². The highest BCUT2D eigenvalue weighted by Crippen LogP contribution is 2.27. The lowest BCUT2D eigenvalue weighted by Gasteiger charge is -2.34. The van der Waals surface area contributed by atoms with Crippen molar-refractivity contribution in [2.75, 3.05) is 13.2 Å². The third-order valence-electron chi connectivity index (χ3n) is 7.09. The second-order valence-electron chi connectivity index (χ2n) is 9.84. The molecule has 1 fully saturated rings. The number of aromatic nitrogens is 2. The molecule has 1 amide bonds. The van der Waals surface area contributed by atoms with E-state index in [1.807, 2.05) is 55.5 Å². The van der Waals surface area contributed by atoms with Crippen LogP contribution in [0.25, 0.3) is 11.1 Å². The summed E-state index contributed by atoms with van der Waals surface area (Å²) in [5.41, 5.74) is 4.92. The van der Waals surface area contributed by atoms with Crippen LogP contribution in [0.3, 0.4) is 0 Å². The zero-order valence-electron chi connectivity index (χ0n) is 21.8. The summed E-state index contributed by atoms with van der Waals surface area (Å²) in [5, 5.41) is 9.69. The summed E-state index contributed by atoms with van der Waals surface area (Å²) in [7, 11) is 0. The summed E-state index contributed by atoms with van der Waals surface area (Å²) in [6, 6.07) is 21.0. The lowest BCUT2D eigenvalue weighted by molar-refractivity contribution is 0.0503. The molecule has 39 heavy (non-hydrogen) atoms. The quantitative estimate of drug-likeness (QED) is 0.359. The van der Waals surface area contributed by atoms with Crippen LogP contribution in [0.15, 0.2) is 80.8 Å². The molecule has 9 nitrogen and oxygen atoms in total. The lowest BCUT2D eigenvalue weighted by atomic mass is 9.96. The molecule has 1 aromatic heterocycles. The fourth-order valence-electron chi connectivity index (χ4n) is 5.01. The molecule has 1 aliphatic rings. The smallest absolute Gasteiger partial charge is 0.440 e. The normalized spacial score (nSPS) is 15.3. The van der Waals surface area contributed by atoms with E-state index >= 15 is 0 Å². The van der Waals surface area contributed by atoms with E-state index in [1.54, 1.807) is 17.0 Å². The van der Waals surface area contributed by atoms with Gasteiger partial charge in [0.25, 0.3) is 5.91 Å². The van der Waals surface area contributed by atoms with Crippen molar-refractivity contribution in [2.45, 2.75) is 45.4 Å². The van der Waals surface area contributed by atoms with Crippen molar-refractivity contribution in [1.29, 1.82) is 0 Å². The van der Waals surface area contributed by atoms with E-state index in [1.165, 1.54) is 0 Å². The Morgan fingerprint density at radius 3 is 2.59 bits per heavy atom. The Morgan fingerprint density at radius 1 is 1.05 bits per heavy atom. The van der Waals surface area contributed by atoms with E-state index in [2.05, 4.69) is 11.1 Å². The van der Waals surface area contributed by atoms with Crippen molar-refractivity contribution in [3.05, 3.63) is 110 Å². The van der Waals surface area contributed by atoms with Crippen LogP contribution in [0.5, 0.6) is 5.75 Å². The number of hydrogen-bond acceptors (Lipinski definition) is 6. The number of H-pyrrole nitrogens is 1. The van der Waals surface area contributed by atoms with Gasteiger partial charge in [-0.3, -0.25) is 4.79 Å². The maximum Gasteiger partial charge on any atom is 0.440 e. The van der Waals surface area contributed by atoms with Crippen molar-refractivity contribution < 1.29 is 19.2 Å². The van der Waals surface area contributed by atoms with E-state index in [9.17, 15) is 19.5 Å². The Labute approximate surface area is 225 Å². The van der Waals surface area contributed by atoms with E-state index in [-0.39, 0.29) is 25.1 Å². The average Bonchev–Trinajstić information content (AvgIpc) is 3.28. The van der Waals surface area contributed by atoms with Crippen LogP contribution in [0.2, 0.25) is 0 Å². The molecule has 1 unspecified atom stereocenters. The van der Waals surface area contributed by atoms with Gasteiger partial charge in [0.15, 0.2) is 0 Å². The Kier molecular flexibility index (Phi) is 7.79. The van der Waals surface area contributed by atoms with Gasteiger partial charge in [0.2, 0.25) is 0 Å². The van der Waals surface area contributed by atoms with Gasteiger partial charge in [-0.05, 0) is 84.3 Å². The molecule has 0 radical (unpaired) electrons. The topological polar surface area (TPSA) is 118 Å². The van der Waals surface area contributed by atoms with E-state index in [0.29, 0.717) is 24.5 Å². The summed E-state index contributed by atoms with van der Waals surface area (Å²) in [5.74, 6) is -0.137. The summed E-state index contributed by atoms with van der Waals surface area (Å²) >= 11 is 0. The number of nitrogens with zero attached hydrogens (tertiary/aromatic N) is 2. The standard InChI is InChI=1S/C30H31N3O6/c1-20-15-24(28(35)32-14-3-2-7-25(32)18-34)10-13-27(20)23-6-4-5-22(16-23)19-38-26-11-8-21(9-12-26)17-33-29(36)31-30(37)39-33/h4-6,8-13,15-16,25,34H,2-3,7,14,17-19H2,1H3,(H,31,36,37). The van der Waals surface area contributed by atoms with Gasteiger partial charge in [-0.2, -0.15) is 0 Å². The van der Waals surface area contributed by atoms with Crippen LogP contribution in [0, 0.1) is 6.92 Å². The monoisotopic (exact) mass is 529 g/mol. The van der Waals surface area contributed by atoms with Crippen LogP contribution >= 0.6 is 0 Å². The largest absolute Gasteiger partial charge is 0.489 e. The number of benzene rings is 3. The molecule has 1 aliphatic heterocycles. The maximum atomic E-state index is 13.1. The van der Waals surface area contributed by atoms with Crippen molar-refractivity contribution in [3.8, 4) is 16.9 Å².